The fourth-order valence-corrected chi connectivity index (χ4v) is 3.70. The molecular formula is C25H41N11O6. The predicted octanol–water partition coefficient (Wildman–Crippen LogP) is -3.92. The van der Waals surface area contributed by atoms with Gasteiger partial charge in [0.25, 0.3) is 0 Å². The maximum Gasteiger partial charge on any atom is 0.326 e. The molecule has 4 amide bonds. The van der Waals surface area contributed by atoms with Gasteiger partial charge in [-0.3, -0.25) is 29.2 Å². The number of aliphatic carboxylic acids is 1. The van der Waals surface area contributed by atoms with E-state index in [-0.39, 0.29) is 50.7 Å². The van der Waals surface area contributed by atoms with Crippen molar-refractivity contribution in [3.63, 3.8) is 0 Å². The van der Waals surface area contributed by atoms with Gasteiger partial charge < -0.3 is 55.5 Å². The van der Waals surface area contributed by atoms with Gasteiger partial charge in [0, 0.05) is 19.5 Å². The van der Waals surface area contributed by atoms with Gasteiger partial charge in [0.1, 0.15) is 18.1 Å². The van der Waals surface area contributed by atoms with E-state index < -0.39 is 60.2 Å². The Morgan fingerprint density at radius 3 is 1.74 bits per heavy atom. The number of carbonyl (C=O) groups excluding carboxylic acids is 4. The zero-order valence-corrected chi connectivity index (χ0v) is 23.2. The molecule has 1 aromatic carbocycles. The number of nitrogens with two attached hydrogens (primary N) is 6. The summed E-state index contributed by atoms with van der Waals surface area (Å²) in [5, 5.41) is 16.8. The van der Waals surface area contributed by atoms with E-state index in [1.165, 1.54) is 0 Å². The number of amides is 4. The molecule has 0 saturated carbocycles. The molecule has 42 heavy (non-hydrogen) atoms. The van der Waals surface area contributed by atoms with Crippen LogP contribution in [0, 0.1) is 0 Å². The van der Waals surface area contributed by atoms with E-state index >= 15 is 0 Å². The molecule has 1 rings (SSSR count). The van der Waals surface area contributed by atoms with Crippen molar-refractivity contribution >= 4 is 41.5 Å². The first-order valence-corrected chi connectivity index (χ1v) is 13.1. The first kappa shape index (κ1) is 35.1. The topological polar surface area (TPSA) is 323 Å². The van der Waals surface area contributed by atoms with E-state index in [4.69, 9.17) is 34.4 Å². The van der Waals surface area contributed by atoms with Gasteiger partial charge in [-0.25, -0.2) is 4.79 Å². The lowest BCUT2D eigenvalue weighted by Crippen LogP contribution is -2.58. The molecular weight excluding hydrogens is 550 g/mol. The molecule has 0 spiro atoms. The summed E-state index contributed by atoms with van der Waals surface area (Å²) >= 11 is 0. The van der Waals surface area contributed by atoms with Crippen molar-refractivity contribution in [1.29, 1.82) is 0 Å². The molecule has 0 bridgehead atoms. The Kier molecular flexibility index (Phi) is 15.4. The second-order valence-corrected chi connectivity index (χ2v) is 9.39. The number of carboxylic acids is 1. The highest BCUT2D eigenvalue weighted by atomic mass is 16.4. The fraction of sp³-hybridized carbons (Fsp3) is 0.480. The molecule has 0 aliphatic rings. The van der Waals surface area contributed by atoms with Gasteiger partial charge >= 0.3 is 5.97 Å². The van der Waals surface area contributed by atoms with Crippen molar-refractivity contribution in [3.05, 3.63) is 35.9 Å². The van der Waals surface area contributed by atoms with Crippen LogP contribution in [0.1, 0.15) is 37.7 Å². The molecule has 17 nitrogen and oxygen atoms in total. The summed E-state index contributed by atoms with van der Waals surface area (Å²) in [5.74, 6) is -4.96. The molecule has 0 saturated heterocycles. The van der Waals surface area contributed by atoms with Gasteiger partial charge in [-0.1, -0.05) is 30.3 Å². The summed E-state index contributed by atoms with van der Waals surface area (Å²) in [6, 6.07) is 3.62. The molecule has 0 aliphatic carbocycles. The third kappa shape index (κ3) is 14.5. The van der Waals surface area contributed by atoms with Gasteiger partial charge in [0.2, 0.25) is 23.6 Å². The van der Waals surface area contributed by atoms with E-state index in [2.05, 4.69) is 25.9 Å². The number of guanidine groups is 2. The number of aliphatic imine (C=N–C) groups is 2. The fourth-order valence-electron chi connectivity index (χ4n) is 3.70. The lowest BCUT2D eigenvalue weighted by Gasteiger charge is -2.25. The van der Waals surface area contributed by atoms with Crippen LogP contribution in [0.3, 0.4) is 0 Å². The summed E-state index contributed by atoms with van der Waals surface area (Å²) < 4.78 is 0. The minimum atomic E-state index is -1.53. The molecule has 0 aromatic heterocycles. The second kappa shape index (κ2) is 18.4. The quantitative estimate of drug-likeness (QED) is 0.0420. The number of carbonyl (C=O) groups is 5. The number of nitrogens with one attached hydrogen (secondary N) is 3. The molecule has 1 aromatic rings. The van der Waals surface area contributed by atoms with Gasteiger partial charge in [0.05, 0.1) is 12.5 Å². The van der Waals surface area contributed by atoms with Crippen molar-refractivity contribution in [2.45, 2.75) is 62.7 Å². The number of carboxylic acid groups (broad SMARTS) is 1. The maximum absolute atomic E-state index is 13.3. The van der Waals surface area contributed by atoms with Crippen LogP contribution < -0.4 is 50.4 Å². The Hall–Kier alpha value is -4.93. The third-order valence-corrected chi connectivity index (χ3v) is 5.82. The van der Waals surface area contributed by atoms with Crippen molar-refractivity contribution in [2.24, 2.45) is 44.4 Å². The van der Waals surface area contributed by atoms with Crippen LogP contribution >= 0.6 is 0 Å². The molecule has 16 N–H and O–H groups in total. The van der Waals surface area contributed by atoms with Crippen LogP contribution in [0.5, 0.6) is 0 Å². The summed E-state index contributed by atoms with van der Waals surface area (Å²) in [4.78, 5) is 70.1. The molecule has 0 heterocycles. The number of benzene rings is 1. The highest BCUT2D eigenvalue weighted by Crippen LogP contribution is 2.07. The predicted molar refractivity (Wildman–Crippen MR) is 155 cm³/mol. The Labute approximate surface area is 242 Å². The average Bonchev–Trinajstić information content (AvgIpc) is 2.91. The second-order valence-electron chi connectivity index (χ2n) is 9.39. The highest BCUT2D eigenvalue weighted by Gasteiger charge is 2.31. The molecule has 232 valence electrons. The van der Waals surface area contributed by atoms with Crippen LogP contribution in [0.4, 0.5) is 0 Å². The van der Waals surface area contributed by atoms with Crippen LogP contribution in [0.25, 0.3) is 0 Å². The molecule has 0 radical (unpaired) electrons. The van der Waals surface area contributed by atoms with Crippen LogP contribution in [-0.4, -0.2) is 83.9 Å². The Morgan fingerprint density at radius 1 is 0.714 bits per heavy atom. The lowest BCUT2D eigenvalue weighted by atomic mass is 10.0. The largest absolute Gasteiger partial charge is 0.480 e. The van der Waals surface area contributed by atoms with E-state index in [9.17, 15) is 29.1 Å². The number of rotatable bonds is 19. The van der Waals surface area contributed by atoms with E-state index in [1.807, 2.05) is 0 Å². The van der Waals surface area contributed by atoms with Crippen LogP contribution in [-0.2, 0) is 30.4 Å². The minimum Gasteiger partial charge on any atom is -0.480 e. The van der Waals surface area contributed by atoms with Crippen molar-refractivity contribution in [2.75, 3.05) is 13.1 Å². The number of hydrogen-bond donors (Lipinski definition) is 10. The number of nitrogens with zero attached hydrogens (tertiary/aromatic N) is 2. The van der Waals surface area contributed by atoms with Crippen molar-refractivity contribution in [1.82, 2.24) is 16.0 Å². The van der Waals surface area contributed by atoms with Gasteiger partial charge in [-0.05, 0) is 31.2 Å². The van der Waals surface area contributed by atoms with Crippen LogP contribution in [0.15, 0.2) is 40.3 Å². The van der Waals surface area contributed by atoms with Gasteiger partial charge in [-0.2, -0.15) is 0 Å². The summed E-state index contributed by atoms with van der Waals surface area (Å²) in [7, 11) is 0. The van der Waals surface area contributed by atoms with Crippen molar-refractivity contribution in [3.8, 4) is 0 Å². The molecule has 0 aliphatic heterocycles. The third-order valence-electron chi connectivity index (χ3n) is 5.82. The van der Waals surface area contributed by atoms with Gasteiger partial charge in [0.15, 0.2) is 11.9 Å². The average molecular weight is 592 g/mol. The Morgan fingerprint density at radius 2 is 1.21 bits per heavy atom. The molecule has 4 atom stereocenters. The molecule has 0 fully saturated rings. The SMILES string of the molecule is NC(=O)CC(NC(=O)C(Cc1ccccc1)NC(=O)C(N)CCCN=C(N)N)C(=O)NC(CCCN=C(N)N)C(=O)O. The summed E-state index contributed by atoms with van der Waals surface area (Å²) in [5.41, 5.74) is 33.0. The molecule has 17 heteroatoms. The Balaban J connectivity index is 3.04. The van der Waals surface area contributed by atoms with Crippen molar-refractivity contribution < 1.29 is 29.1 Å². The van der Waals surface area contributed by atoms with E-state index in [1.54, 1.807) is 30.3 Å². The minimum absolute atomic E-state index is 0.0204. The van der Waals surface area contributed by atoms with E-state index in [0.29, 0.717) is 12.0 Å². The van der Waals surface area contributed by atoms with Gasteiger partial charge in [-0.15, -0.1) is 0 Å². The summed E-state index contributed by atoms with van der Waals surface area (Å²) in [6.45, 7) is 0.382. The maximum atomic E-state index is 13.3. The monoisotopic (exact) mass is 591 g/mol. The zero-order chi connectivity index (χ0) is 31.7. The standard InChI is InChI=1S/C25H41N11O6/c26-15(8-4-10-32-24(28)29)20(38)35-17(12-14-6-2-1-3-7-14)21(39)36-18(13-19(27)37)22(40)34-16(23(41)42)9-5-11-33-25(30)31/h1-3,6-7,15-18H,4-5,8-13,26H2,(H2,27,37)(H,34,40)(H,35,38)(H,36,39)(H,41,42)(H4,28,29,32)(H4,30,31,33). The van der Waals surface area contributed by atoms with E-state index in [0.717, 1.165) is 0 Å². The summed E-state index contributed by atoms with van der Waals surface area (Å²) in [6.07, 6.45) is 0.192. The zero-order valence-electron chi connectivity index (χ0n) is 23.2. The smallest absolute Gasteiger partial charge is 0.326 e. The Bertz CT molecular complexity index is 1120. The first-order chi connectivity index (χ1) is 19.8. The van der Waals surface area contributed by atoms with Crippen LogP contribution in [0.2, 0.25) is 0 Å². The number of hydrogen-bond acceptors (Lipinski definition) is 8. The normalized spacial score (nSPS) is 13.4. The number of primary amides is 1. The highest BCUT2D eigenvalue weighted by molar-refractivity contribution is 5.96. The molecule has 4 unspecified atom stereocenters. The lowest BCUT2D eigenvalue weighted by molar-refractivity contribution is -0.142. The first-order valence-electron chi connectivity index (χ1n) is 13.1.